The molecule has 0 aliphatic carbocycles. The maximum atomic E-state index is 5.59. The van der Waals surface area contributed by atoms with Crippen LogP contribution >= 0.6 is 0 Å². The van der Waals surface area contributed by atoms with E-state index in [1.54, 1.807) is 0 Å². The summed E-state index contributed by atoms with van der Waals surface area (Å²) in [6.45, 7) is 4.78. The summed E-state index contributed by atoms with van der Waals surface area (Å²) in [4.78, 5) is 6.52. The average molecular weight is 249 g/mol. The van der Waals surface area contributed by atoms with Gasteiger partial charge in [0.05, 0.1) is 6.61 Å². The van der Waals surface area contributed by atoms with Crippen LogP contribution in [0.15, 0.2) is 24.5 Å². The van der Waals surface area contributed by atoms with E-state index in [0.29, 0.717) is 0 Å². The minimum Gasteiger partial charge on any atom is -0.381 e. The van der Waals surface area contributed by atoms with Crippen LogP contribution in [0.3, 0.4) is 0 Å². The average Bonchev–Trinajstić information content (AvgIpc) is 2.79. The van der Waals surface area contributed by atoms with E-state index >= 15 is 0 Å². The van der Waals surface area contributed by atoms with E-state index in [4.69, 9.17) is 4.74 Å². The Labute approximate surface area is 109 Å². The van der Waals surface area contributed by atoms with Crippen molar-refractivity contribution < 1.29 is 4.74 Å². The van der Waals surface area contributed by atoms with Gasteiger partial charge in [-0.15, -0.1) is 0 Å². The summed E-state index contributed by atoms with van der Waals surface area (Å²) in [5, 5.41) is 3.30. The highest BCUT2D eigenvalue weighted by Gasteiger charge is 2.35. The molecule has 0 amide bonds. The summed E-state index contributed by atoms with van der Waals surface area (Å²) in [5.41, 5.74) is 1.53. The molecule has 1 N–H and O–H groups in total. The smallest absolute Gasteiger partial charge is 0.0547 e. The van der Waals surface area contributed by atoms with E-state index < -0.39 is 0 Å². The fraction of sp³-hybridized carbons (Fsp3) is 0.643. The molecule has 1 fully saturated rings. The van der Waals surface area contributed by atoms with Gasteiger partial charge < -0.3 is 15.0 Å². The monoisotopic (exact) mass is 249 g/mol. The lowest BCUT2D eigenvalue weighted by Gasteiger charge is -2.32. The number of rotatable bonds is 6. The molecule has 1 aliphatic rings. The van der Waals surface area contributed by atoms with E-state index in [0.717, 1.165) is 39.3 Å². The lowest BCUT2D eigenvalue weighted by Crippen LogP contribution is -2.42. The summed E-state index contributed by atoms with van der Waals surface area (Å²) in [7, 11) is 4.18. The van der Waals surface area contributed by atoms with Gasteiger partial charge in [-0.05, 0) is 32.1 Å². The Morgan fingerprint density at radius 2 is 2.44 bits per heavy atom. The van der Waals surface area contributed by atoms with Crippen molar-refractivity contribution in [2.45, 2.75) is 13.0 Å². The van der Waals surface area contributed by atoms with Crippen LogP contribution in [-0.4, -0.2) is 50.3 Å². The van der Waals surface area contributed by atoms with Crippen molar-refractivity contribution in [3.8, 4) is 0 Å². The fourth-order valence-electron chi connectivity index (χ4n) is 2.78. The molecule has 2 rings (SSSR count). The molecular formula is C14H23N3O. The van der Waals surface area contributed by atoms with Gasteiger partial charge in [0.1, 0.15) is 0 Å². The lowest BCUT2D eigenvalue weighted by atomic mass is 9.86. The van der Waals surface area contributed by atoms with Gasteiger partial charge in [-0.25, -0.2) is 0 Å². The van der Waals surface area contributed by atoms with E-state index in [1.165, 1.54) is 5.56 Å². The second-order valence-corrected chi connectivity index (χ2v) is 5.37. The largest absolute Gasteiger partial charge is 0.381 e. The predicted molar refractivity (Wildman–Crippen MR) is 72.4 cm³/mol. The van der Waals surface area contributed by atoms with Crippen molar-refractivity contribution in [3.63, 3.8) is 0 Å². The molecule has 4 nitrogen and oxygen atoms in total. The molecule has 0 bridgehead atoms. The molecule has 1 aliphatic heterocycles. The van der Waals surface area contributed by atoms with Crippen molar-refractivity contribution in [2.24, 2.45) is 5.41 Å². The van der Waals surface area contributed by atoms with E-state index in [2.05, 4.69) is 28.3 Å². The van der Waals surface area contributed by atoms with Crippen LogP contribution in [0.4, 0.5) is 0 Å². The summed E-state index contributed by atoms with van der Waals surface area (Å²) in [6.07, 6.45) is 4.90. The van der Waals surface area contributed by atoms with Crippen LogP contribution in [0.25, 0.3) is 0 Å². The van der Waals surface area contributed by atoms with Gasteiger partial charge >= 0.3 is 0 Å². The standard InChI is InChI=1S/C14H23N3O/c1-15-10-14(5-7-18-12-14)11-17(2)9-13-4-3-6-16-8-13/h3-4,6,8,15H,5,7,9-12H2,1-2H3. The van der Waals surface area contributed by atoms with Crippen LogP contribution in [0, 0.1) is 5.41 Å². The Hall–Kier alpha value is -0.970. The van der Waals surface area contributed by atoms with E-state index in [-0.39, 0.29) is 5.41 Å². The van der Waals surface area contributed by atoms with Gasteiger partial charge in [0.2, 0.25) is 0 Å². The first-order chi connectivity index (χ1) is 8.74. The summed E-state index contributed by atoms with van der Waals surface area (Å²) in [6, 6.07) is 4.12. The van der Waals surface area contributed by atoms with Crippen molar-refractivity contribution in [3.05, 3.63) is 30.1 Å². The third-order valence-corrected chi connectivity index (χ3v) is 3.52. The maximum Gasteiger partial charge on any atom is 0.0547 e. The van der Waals surface area contributed by atoms with Crippen molar-refractivity contribution in [1.29, 1.82) is 0 Å². The second kappa shape index (κ2) is 6.27. The Balaban J connectivity index is 1.91. The van der Waals surface area contributed by atoms with E-state index in [9.17, 15) is 0 Å². The molecule has 2 heterocycles. The molecule has 100 valence electrons. The van der Waals surface area contributed by atoms with Crippen LogP contribution in [0.5, 0.6) is 0 Å². The second-order valence-electron chi connectivity index (χ2n) is 5.37. The van der Waals surface area contributed by atoms with Gasteiger partial charge in [0.15, 0.2) is 0 Å². The van der Waals surface area contributed by atoms with Crippen LogP contribution in [0.2, 0.25) is 0 Å². The van der Waals surface area contributed by atoms with Crippen molar-refractivity contribution in [1.82, 2.24) is 15.2 Å². The number of aromatic nitrogens is 1. The topological polar surface area (TPSA) is 37.4 Å². The number of nitrogens with one attached hydrogen (secondary N) is 1. The Kier molecular flexibility index (Phi) is 4.69. The Morgan fingerprint density at radius 1 is 1.56 bits per heavy atom. The number of hydrogen-bond acceptors (Lipinski definition) is 4. The van der Waals surface area contributed by atoms with Crippen molar-refractivity contribution >= 4 is 0 Å². The number of ether oxygens (including phenoxy) is 1. The molecule has 0 radical (unpaired) electrons. The summed E-state index contributed by atoms with van der Waals surface area (Å²) in [5.74, 6) is 0. The number of hydrogen-bond donors (Lipinski definition) is 1. The highest BCUT2D eigenvalue weighted by Crippen LogP contribution is 2.29. The first kappa shape index (κ1) is 13.5. The quantitative estimate of drug-likeness (QED) is 0.820. The molecule has 0 aromatic carbocycles. The third kappa shape index (κ3) is 3.51. The van der Waals surface area contributed by atoms with Gasteiger partial charge in [0.25, 0.3) is 0 Å². The van der Waals surface area contributed by atoms with Gasteiger partial charge in [-0.3, -0.25) is 4.98 Å². The Morgan fingerprint density at radius 3 is 3.06 bits per heavy atom. The molecule has 0 spiro atoms. The predicted octanol–water partition coefficient (Wildman–Crippen LogP) is 1.14. The van der Waals surface area contributed by atoms with Crippen LogP contribution in [0.1, 0.15) is 12.0 Å². The number of pyridine rings is 1. The normalized spacial score (nSPS) is 23.7. The molecule has 1 atom stereocenters. The zero-order valence-electron chi connectivity index (χ0n) is 11.4. The Bertz CT molecular complexity index is 349. The molecule has 4 heteroatoms. The minimum atomic E-state index is 0.270. The zero-order valence-corrected chi connectivity index (χ0v) is 11.4. The molecule has 1 aromatic rings. The highest BCUT2D eigenvalue weighted by atomic mass is 16.5. The fourth-order valence-corrected chi connectivity index (χ4v) is 2.78. The van der Waals surface area contributed by atoms with Crippen LogP contribution < -0.4 is 5.32 Å². The van der Waals surface area contributed by atoms with Gasteiger partial charge in [-0.1, -0.05) is 6.07 Å². The molecular weight excluding hydrogens is 226 g/mol. The molecule has 1 unspecified atom stereocenters. The number of nitrogens with zero attached hydrogens (tertiary/aromatic N) is 2. The molecule has 1 aromatic heterocycles. The van der Waals surface area contributed by atoms with Crippen LogP contribution in [-0.2, 0) is 11.3 Å². The molecule has 18 heavy (non-hydrogen) atoms. The zero-order chi connectivity index (χ0) is 12.8. The van der Waals surface area contributed by atoms with Gasteiger partial charge in [0, 0.05) is 44.0 Å². The van der Waals surface area contributed by atoms with Crippen molar-refractivity contribution in [2.75, 3.05) is 40.4 Å². The first-order valence-corrected chi connectivity index (χ1v) is 6.54. The van der Waals surface area contributed by atoms with E-state index in [1.807, 2.05) is 25.5 Å². The maximum absolute atomic E-state index is 5.59. The first-order valence-electron chi connectivity index (χ1n) is 6.54. The molecule has 0 saturated carbocycles. The summed E-state index contributed by atoms with van der Waals surface area (Å²) >= 11 is 0. The minimum absolute atomic E-state index is 0.270. The van der Waals surface area contributed by atoms with Gasteiger partial charge in [-0.2, -0.15) is 0 Å². The lowest BCUT2D eigenvalue weighted by molar-refractivity contribution is 0.118. The SMILES string of the molecule is CNCC1(CN(C)Cc2cccnc2)CCOC1. The molecule has 1 saturated heterocycles. The third-order valence-electron chi connectivity index (χ3n) is 3.52. The summed E-state index contributed by atoms with van der Waals surface area (Å²) < 4.78 is 5.59. The highest BCUT2D eigenvalue weighted by molar-refractivity contribution is 5.08.